The van der Waals surface area contributed by atoms with E-state index in [4.69, 9.17) is 16.3 Å². The number of hydrogen-bond acceptors (Lipinski definition) is 4. The summed E-state index contributed by atoms with van der Waals surface area (Å²) in [6.07, 6.45) is 2.67. The van der Waals surface area contributed by atoms with Gasteiger partial charge in [-0.3, -0.25) is 0 Å². The molecule has 0 aliphatic carbocycles. The molecule has 7 heteroatoms. The number of carbonyl (C=O) groups is 1. The summed E-state index contributed by atoms with van der Waals surface area (Å²) in [7, 11) is -3.74. The Bertz CT molecular complexity index is 1000. The Labute approximate surface area is 184 Å². The maximum Gasteiger partial charge on any atom is 0.338 e. The van der Waals surface area contributed by atoms with Crippen LogP contribution in [-0.4, -0.2) is 31.8 Å². The van der Waals surface area contributed by atoms with Gasteiger partial charge in [-0.05, 0) is 47.6 Å². The Hall–Kier alpha value is -1.89. The molecule has 0 bridgehead atoms. The molecule has 1 aliphatic rings. The normalized spacial score (nSPS) is 15.7. The van der Waals surface area contributed by atoms with Gasteiger partial charge in [0.15, 0.2) is 0 Å². The molecule has 0 saturated carbocycles. The third-order valence-corrected chi connectivity index (χ3v) is 7.67. The maximum absolute atomic E-state index is 13.0. The molecule has 162 valence electrons. The van der Waals surface area contributed by atoms with Gasteiger partial charge in [-0.2, -0.15) is 4.31 Å². The Morgan fingerprint density at radius 1 is 1.03 bits per heavy atom. The predicted octanol–water partition coefficient (Wildman–Crippen LogP) is 5.17. The molecule has 0 atom stereocenters. The number of nitrogens with zero attached hydrogens (tertiary/aromatic N) is 1. The van der Waals surface area contributed by atoms with Crippen molar-refractivity contribution in [2.24, 2.45) is 0 Å². The molecule has 1 saturated heterocycles. The van der Waals surface area contributed by atoms with Crippen LogP contribution >= 0.6 is 11.6 Å². The number of sulfonamides is 1. The molecule has 3 rings (SSSR count). The van der Waals surface area contributed by atoms with Crippen LogP contribution in [0, 0.1) is 0 Å². The molecule has 1 fully saturated rings. The Morgan fingerprint density at radius 2 is 1.67 bits per heavy atom. The van der Waals surface area contributed by atoms with E-state index in [0.29, 0.717) is 13.1 Å². The second kappa shape index (κ2) is 9.08. The minimum atomic E-state index is -3.74. The molecule has 2 aromatic rings. The van der Waals surface area contributed by atoms with Crippen molar-refractivity contribution in [1.29, 1.82) is 0 Å². The quantitative estimate of drug-likeness (QED) is 0.591. The fraction of sp³-hybridized carbons (Fsp3) is 0.435. The first-order valence-corrected chi connectivity index (χ1v) is 12.0. The van der Waals surface area contributed by atoms with E-state index in [1.807, 2.05) is 24.3 Å². The SMILES string of the molecule is CC(C)(C)c1ccc(COC(=O)c2ccc(Cl)c(S(=O)(=O)N3CCCCC3)c2)cc1. The Kier molecular flexibility index (Phi) is 6.90. The van der Waals surface area contributed by atoms with Crippen molar-refractivity contribution in [2.75, 3.05) is 13.1 Å². The lowest BCUT2D eigenvalue weighted by Gasteiger charge is -2.26. The minimum absolute atomic E-state index is 0.0463. The molecule has 0 unspecified atom stereocenters. The maximum atomic E-state index is 13.0. The van der Waals surface area contributed by atoms with Gasteiger partial charge < -0.3 is 4.74 Å². The number of carbonyl (C=O) groups excluding carboxylic acids is 1. The first kappa shape index (κ1) is 22.8. The number of hydrogen-bond donors (Lipinski definition) is 0. The second-order valence-corrected chi connectivity index (χ2v) is 10.9. The number of benzene rings is 2. The van der Waals surface area contributed by atoms with Gasteiger partial charge in [-0.15, -0.1) is 0 Å². The molecule has 5 nitrogen and oxygen atoms in total. The largest absolute Gasteiger partial charge is 0.457 e. The van der Waals surface area contributed by atoms with Gasteiger partial charge in [-0.25, -0.2) is 13.2 Å². The monoisotopic (exact) mass is 449 g/mol. The van der Waals surface area contributed by atoms with E-state index in [1.165, 1.54) is 28.1 Å². The van der Waals surface area contributed by atoms with E-state index < -0.39 is 16.0 Å². The molecule has 1 aliphatic heterocycles. The zero-order valence-electron chi connectivity index (χ0n) is 17.7. The molecule has 0 radical (unpaired) electrons. The van der Waals surface area contributed by atoms with Crippen LogP contribution in [0.1, 0.15) is 61.5 Å². The van der Waals surface area contributed by atoms with Crippen molar-refractivity contribution < 1.29 is 17.9 Å². The zero-order valence-corrected chi connectivity index (χ0v) is 19.2. The standard InChI is InChI=1S/C23H28ClNO4S/c1-23(2,3)19-10-7-17(8-11-19)16-29-22(26)18-9-12-20(24)21(15-18)30(27,28)25-13-5-4-6-14-25/h7-12,15H,4-6,13-14,16H2,1-3H3. The number of esters is 1. The van der Waals surface area contributed by atoms with Gasteiger partial charge >= 0.3 is 5.97 Å². The number of piperidine rings is 1. The summed E-state index contributed by atoms with van der Waals surface area (Å²) >= 11 is 6.17. The van der Waals surface area contributed by atoms with Crippen molar-refractivity contribution in [1.82, 2.24) is 4.31 Å². The number of halogens is 1. The van der Waals surface area contributed by atoms with Crippen molar-refractivity contribution in [3.63, 3.8) is 0 Å². The fourth-order valence-electron chi connectivity index (χ4n) is 3.41. The lowest BCUT2D eigenvalue weighted by Crippen LogP contribution is -2.35. The van der Waals surface area contributed by atoms with Crippen LogP contribution < -0.4 is 0 Å². The second-order valence-electron chi connectivity index (χ2n) is 8.63. The summed E-state index contributed by atoms with van der Waals surface area (Å²) in [5.74, 6) is -0.582. The van der Waals surface area contributed by atoms with E-state index in [2.05, 4.69) is 20.8 Å². The van der Waals surface area contributed by atoms with Crippen LogP contribution in [0.15, 0.2) is 47.4 Å². The van der Waals surface area contributed by atoms with E-state index in [-0.39, 0.29) is 27.5 Å². The van der Waals surface area contributed by atoms with Gasteiger partial charge in [0.25, 0.3) is 0 Å². The highest BCUT2D eigenvalue weighted by molar-refractivity contribution is 7.89. The first-order chi connectivity index (χ1) is 14.1. The molecule has 2 aromatic carbocycles. The Balaban J connectivity index is 1.73. The topological polar surface area (TPSA) is 63.7 Å². The Morgan fingerprint density at radius 3 is 2.27 bits per heavy atom. The first-order valence-electron chi connectivity index (χ1n) is 10.2. The zero-order chi connectivity index (χ0) is 21.9. The summed E-state index contributed by atoms with van der Waals surface area (Å²) in [6, 6.07) is 12.2. The van der Waals surface area contributed by atoms with Crippen molar-refractivity contribution in [3.8, 4) is 0 Å². The number of rotatable bonds is 5. The third kappa shape index (κ3) is 5.23. The van der Waals surface area contributed by atoms with Crippen molar-refractivity contribution in [2.45, 2.75) is 57.0 Å². The van der Waals surface area contributed by atoms with Crippen LogP contribution in [0.3, 0.4) is 0 Å². The van der Waals surface area contributed by atoms with Crippen LogP contribution in [-0.2, 0) is 26.8 Å². The summed E-state index contributed by atoms with van der Waals surface area (Å²) in [4.78, 5) is 12.5. The van der Waals surface area contributed by atoms with E-state index in [0.717, 1.165) is 24.8 Å². The lowest BCUT2D eigenvalue weighted by molar-refractivity contribution is 0.0472. The van der Waals surface area contributed by atoms with Crippen LogP contribution in [0.4, 0.5) is 0 Å². The average Bonchev–Trinajstić information content (AvgIpc) is 2.72. The van der Waals surface area contributed by atoms with E-state index in [9.17, 15) is 13.2 Å². The van der Waals surface area contributed by atoms with Gasteiger partial charge in [0.1, 0.15) is 11.5 Å². The smallest absolute Gasteiger partial charge is 0.338 e. The predicted molar refractivity (Wildman–Crippen MR) is 118 cm³/mol. The lowest BCUT2D eigenvalue weighted by atomic mass is 9.87. The van der Waals surface area contributed by atoms with Gasteiger partial charge in [-0.1, -0.05) is 63.1 Å². The average molecular weight is 450 g/mol. The molecule has 0 spiro atoms. The molecule has 1 heterocycles. The fourth-order valence-corrected chi connectivity index (χ4v) is 5.42. The summed E-state index contributed by atoms with van der Waals surface area (Å²) < 4.78 is 32.8. The van der Waals surface area contributed by atoms with E-state index in [1.54, 1.807) is 0 Å². The summed E-state index contributed by atoms with van der Waals surface area (Å²) in [5, 5.41) is 0.106. The molecule has 0 N–H and O–H groups in total. The van der Waals surface area contributed by atoms with E-state index >= 15 is 0 Å². The van der Waals surface area contributed by atoms with Gasteiger partial charge in [0, 0.05) is 13.1 Å². The minimum Gasteiger partial charge on any atom is -0.457 e. The number of ether oxygens (including phenoxy) is 1. The van der Waals surface area contributed by atoms with Crippen LogP contribution in [0.25, 0.3) is 0 Å². The molecular formula is C23H28ClNO4S. The van der Waals surface area contributed by atoms with Crippen molar-refractivity contribution >= 4 is 27.6 Å². The molecule has 0 aromatic heterocycles. The third-order valence-electron chi connectivity index (χ3n) is 5.29. The van der Waals surface area contributed by atoms with Gasteiger partial charge in [0.2, 0.25) is 10.0 Å². The van der Waals surface area contributed by atoms with Crippen LogP contribution in [0.5, 0.6) is 0 Å². The summed E-state index contributed by atoms with van der Waals surface area (Å²) in [5.41, 5.74) is 2.28. The highest BCUT2D eigenvalue weighted by atomic mass is 35.5. The highest BCUT2D eigenvalue weighted by Gasteiger charge is 2.29. The summed E-state index contributed by atoms with van der Waals surface area (Å²) in [6.45, 7) is 7.46. The molecular weight excluding hydrogens is 422 g/mol. The molecule has 0 amide bonds. The molecule has 30 heavy (non-hydrogen) atoms. The van der Waals surface area contributed by atoms with Crippen LogP contribution in [0.2, 0.25) is 5.02 Å². The highest BCUT2D eigenvalue weighted by Crippen LogP contribution is 2.28. The van der Waals surface area contributed by atoms with Gasteiger partial charge in [0.05, 0.1) is 10.6 Å². The van der Waals surface area contributed by atoms with Crippen molar-refractivity contribution in [3.05, 3.63) is 64.2 Å².